The van der Waals surface area contributed by atoms with Crippen molar-refractivity contribution >= 4 is 11.9 Å². The number of aliphatic carboxylic acids is 1. The minimum absolute atomic E-state index is 0.102. The second-order valence-electron chi connectivity index (χ2n) is 6.42. The Morgan fingerprint density at radius 1 is 1.24 bits per heavy atom. The van der Waals surface area contributed by atoms with E-state index in [1.807, 2.05) is 13.8 Å². The molecule has 0 aliphatic heterocycles. The largest absolute Gasteiger partial charge is 0.481 e. The minimum Gasteiger partial charge on any atom is -0.481 e. The average molecular weight is 299 g/mol. The van der Waals surface area contributed by atoms with Gasteiger partial charge in [-0.05, 0) is 25.7 Å². The van der Waals surface area contributed by atoms with Crippen LogP contribution >= 0.6 is 0 Å². The summed E-state index contributed by atoms with van der Waals surface area (Å²) in [6.45, 7) is 5.86. The second kappa shape index (κ2) is 7.78. The average Bonchev–Trinajstić information content (AvgIpc) is 3.19. The molecule has 1 rings (SSSR count). The topological polar surface area (TPSA) is 77.8 Å². The number of nitrogens with zero attached hydrogens (tertiary/aromatic N) is 1. The maximum atomic E-state index is 12.5. The molecule has 0 aromatic rings. The van der Waals surface area contributed by atoms with E-state index in [4.69, 9.17) is 5.11 Å². The molecule has 0 spiro atoms. The number of amides is 1. The Balaban J connectivity index is 2.69. The molecule has 5 nitrogen and oxygen atoms in total. The molecule has 1 atom stereocenters. The molecule has 1 aliphatic carbocycles. The highest BCUT2D eigenvalue weighted by molar-refractivity contribution is 5.79. The third kappa shape index (κ3) is 5.65. The normalized spacial score (nSPS) is 16.6. The first-order valence-corrected chi connectivity index (χ1v) is 8.07. The van der Waals surface area contributed by atoms with E-state index in [0.29, 0.717) is 12.8 Å². The van der Waals surface area contributed by atoms with Crippen LogP contribution in [0.5, 0.6) is 0 Å². The lowest BCUT2D eigenvalue weighted by Crippen LogP contribution is -2.43. The molecule has 1 saturated carbocycles. The summed E-state index contributed by atoms with van der Waals surface area (Å²) < 4.78 is 0. The number of carboxylic acid groups (broad SMARTS) is 1. The predicted octanol–water partition coefficient (Wildman–Crippen LogP) is 2.42. The first-order chi connectivity index (χ1) is 9.83. The van der Waals surface area contributed by atoms with Gasteiger partial charge in [-0.25, -0.2) is 0 Å². The van der Waals surface area contributed by atoms with Crippen LogP contribution in [0.1, 0.15) is 65.7 Å². The zero-order valence-corrected chi connectivity index (χ0v) is 13.5. The molecule has 1 aliphatic rings. The zero-order chi connectivity index (χ0) is 16.0. The molecule has 5 heteroatoms. The van der Waals surface area contributed by atoms with E-state index in [2.05, 4.69) is 0 Å². The number of rotatable bonds is 10. The number of aliphatic hydroxyl groups is 1. The van der Waals surface area contributed by atoms with Crippen molar-refractivity contribution in [3.8, 4) is 0 Å². The quantitative estimate of drug-likeness (QED) is 0.649. The minimum atomic E-state index is -0.944. The number of carboxylic acids is 1. The van der Waals surface area contributed by atoms with Crippen molar-refractivity contribution in [2.24, 2.45) is 5.92 Å². The SMILES string of the molecule is CCCC(O)(CCC)CC(=O)N(CC(C)C(=O)O)C1CC1. The molecule has 0 heterocycles. The molecule has 1 unspecified atom stereocenters. The summed E-state index contributed by atoms with van der Waals surface area (Å²) in [5, 5.41) is 19.6. The zero-order valence-electron chi connectivity index (χ0n) is 13.5. The fourth-order valence-electron chi connectivity index (χ4n) is 2.83. The van der Waals surface area contributed by atoms with Crippen LogP contribution in [0, 0.1) is 5.92 Å². The Hall–Kier alpha value is -1.10. The molecule has 122 valence electrons. The van der Waals surface area contributed by atoms with Crippen LogP contribution in [-0.2, 0) is 9.59 Å². The fourth-order valence-corrected chi connectivity index (χ4v) is 2.83. The van der Waals surface area contributed by atoms with E-state index in [-0.39, 0.29) is 24.9 Å². The maximum Gasteiger partial charge on any atom is 0.308 e. The molecule has 0 saturated heterocycles. The van der Waals surface area contributed by atoms with Gasteiger partial charge in [0.15, 0.2) is 0 Å². The number of hydrogen-bond acceptors (Lipinski definition) is 3. The number of hydrogen-bond donors (Lipinski definition) is 2. The lowest BCUT2D eigenvalue weighted by molar-refractivity contribution is -0.144. The molecule has 21 heavy (non-hydrogen) atoms. The lowest BCUT2D eigenvalue weighted by atomic mass is 9.88. The summed E-state index contributed by atoms with van der Waals surface area (Å²) in [7, 11) is 0. The maximum absolute atomic E-state index is 12.5. The third-order valence-electron chi connectivity index (χ3n) is 4.11. The van der Waals surface area contributed by atoms with Crippen molar-refractivity contribution in [2.45, 2.75) is 77.4 Å². The van der Waals surface area contributed by atoms with Gasteiger partial charge in [0.2, 0.25) is 5.91 Å². The summed E-state index contributed by atoms with van der Waals surface area (Å²) in [5.41, 5.74) is -0.944. The van der Waals surface area contributed by atoms with Crippen molar-refractivity contribution in [3.05, 3.63) is 0 Å². The Labute approximate surface area is 127 Å². The predicted molar refractivity (Wildman–Crippen MR) is 80.9 cm³/mol. The smallest absolute Gasteiger partial charge is 0.308 e. The summed E-state index contributed by atoms with van der Waals surface area (Å²) in [6.07, 6.45) is 4.88. The van der Waals surface area contributed by atoms with Crippen LogP contribution in [0.15, 0.2) is 0 Å². The molecule has 0 aromatic carbocycles. The molecule has 0 bridgehead atoms. The number of carbonyl (C=O) groups is 2. The van der Waals surface area contributed by atoms with Gasteiger partial charge in [0.05, 0.1) is 17.9 Å². The van der Waals surface area contributed by atoms with E-state index in [1.165, 1.54) is 0 Å². The van der Waals surface area contributed by atoms with Crippen LogP contribution in [0.2, 0.25) is 0 Å². The molecular weight excluding hydrogens is 270 g/mol. The van der Waals surface area contributed by atoms with Crippen LogP contribution in [0.4, 0.5) is 0 Å². The van der Waals surface area contributed by atoms with Crippen molar-refractivity contribution in [1.82, 2.24) is 4.90 Å². The summed E-state index contributed by atoms with van der Waals surface area (Å²) in [6, 6.07) is 0.173. The monoisotopic (exact) mass is 299 g/mol. The summed E-state index contributed by atoms with van der Waals surface area (Å²) in [5.74, 6) is -1.55. The summed E-state index contributed by atoms with van der Waals surface area (Å²) in [4.78, 5) is 25.2. The van der Waals surface area contributed by atoms with Crippen molar-refractivity contribution < 1.29 is 19.8 Å². The van der Waals surface area contributed by atoms with Gasteiger partial charge in [-0.3, -0.25) is 9.59 Å². The first-order valence-electron chi connectivity index (χ1n) is 8.07. The van der Waals surface area contributed by atoms with Gasteiger partial charge in [0, 0.05) is 12.6 Å². The highest BCUT2D eigenvalue weighted by Gasteiger charge is 2.37. The first kappa shape index (κ1) is 18.0. The van der Waals surface area contributed by atoms with Crippen LogP contribution < -0.4 is 0 Å². The highest BCUT2D eigenvalue weighted by Crippen LogP contribution is 2.31. The lowest BCUT2D eigenvalue weighted by Gasteiger charge is -2.31. The van der Waals surface area contributed by atoms with E-state index in [9.17, 15) is 14.7 Å². The molecule has 0 radical (unpaired) electrons. The van der Waals surface area contributed by atoms with Crippen molar-refractivity contribution in [3.63, 3.8) is 0 Å². The van der Waals surface area contributed by atoms with Gasteiger partial charge in [-0.2, -0.15) is 0 Å². The van der Waals surface area contributed by atoms with Gasteiger partial charge in [-0.15, -0.1) is 0 Å². The second-order valence-corrected chi connectivity index (χ2v) is 6.42. The van der Waals surface area contributed by atoms with E-state index in [1.54, 1.807) is 11.8 Å². The molecule has 1 amide bonds. The van der Waals surface area contributed by atoms with Gasteiger partial charge in [0.1, 0.15) is 0 Å². The summed E-state index contributed by atoms with van der Waals surface area (Å²) >= 11 is 0. The van der Waals surface area contributed by atoms with Gasteiger partial charge in [0.25, 0.3) is 0 Å². The number of carbonyl (C=O) groups excluding carboxylic acids is 1. The molecule has 1 fully saturated rings. The highest BCUT2D eigenvalue weighted by atomic mass is 16.4. The Bertz CT molecular complexity index is 359. The van der Waals surface area contributed by atoms with Crippen LogP contribution in [-0.4, -0.2) is 45.2 Å². The van der Waals surface area contributed by atoms with E-state index < -0.39 is 17.5 Å². The van der Waals surface area contributed by atoms with Gasteiger partial charge >= 0.3 is 5.97 Å². The van der Waals surface area contributed by atoms with Gasteiger partial charge in [-0.1, -0.05) is 33.6 Å². The molecule has 2 N–H and O–H groups in total. The third-order valence-corrected chi connectivity index (χ3v) is 4.11. The van der Waals surface area contributed by atoms with Crippen molar-refractivity contribution in [1.29, 1.82) is 0 Å². The molecule has 0 aromatic heterocycles. The van der Waals surface area contributed by atoms with E-state index in [0.717, 1.165) is 25.7 Å². The van der Waals surface area contributed by atoms with Crippen LogP contribution in [0.25, 0.3) is 0 Å². The standard InChI is InChI=1S/C16H29NO4/c1-4-8-16(21,9-5-2)10-14(18)17(13-6-7-13)11-12(3)15(19)20/h12-13,21H,4-11H2,1-3H3,(H,19,20). The Kier molecular flexibility index (Phi) is 6.65. The Morgan fingerprint density at radius 3 is 2.14 bits per heavy atom. The Morgan fingerprint density at radius 2 is 1.76 bits per heavy atom. The van der Waals surface area contributed by atoms with E-state index >= 15 is 0 Å². The fraction of sp³-hybridized carbons (Fsp3) is 0.875. The van der Waals surface area contributed by atoms with Gasteiger partial charge < -0.3 is 15.1 Å². The van der Waals surface area contributed by atoms with Crippen molar-refractivity contribution in [2.75, 3.05) is 6.54 Å². The molecular formula is C16H29NO4. The van der Waals surface area contributed by atoms with Crippen LogP contribution in [0.3, 0.4) is 0 Å².